The van der Waals surface area contributed by atoms with E-state index in [1.165, 1.54) is 4.31 Å². The van der Waals surface area contributed by atoms with Crippen LogP contribution in [-0.2, 0) is 19.6 Å². The second-order valence-corrected chi connectivity index (χ2v) is 7.57. The Morgan fingerprint density at radius 2 is 2.10 bits per heavy atom. The van der Waals surface area contributed by atoms with Crippen LogP contribution in [0.3, 0.4) is 0 Å². The summed E-state index contributed by atoms with van der Waals surface area (Å²) >= 11 is 0. The van der Waals surface area contributed by atoms with Gasteiger partial charge in [0.15, 0.2) is 0 Å². The standard InChI is InChI=1S/C14H28N2O4S/c1-4-13-8-5-6-10-16(13)14(17)12-15(21(3,18)19)9-7-11-20-2/h13H,4-12H2,1-3H3. The van der Waals surface area contributed by atoms with E-state index in [-0.39, 0.29) is 18.5 Å². The number of amides is 1. The highest BCUT2D eigenvalue weighted by molar-refractivity contribution is 7.88. The number of nitrogens with zero attached hydrogens (tertiary/aromatic N) is 2. The molecule has 0 N–H and O–H groups in total. The molecule has 1 rings (SSSR count). The van der Waals surface area contributed by atoms with Crippen LogP contribution in [0.15, 0.2) is 0 Å². The summed E-state index contributed by atoms with van der Waals surface area (Å²) < 4.78 is 29.8. The average Bonchev–Trinajstić information content (AvgIpc) is 2.45. The lowest BCUT2D eigenvalue weighted by molar-refractivity contribution is -0.135. The van der Waals surface area contributed by atoms with Crippen LogP contribution in [-0.4, -0.2) is 69.2 Å². The lowest BCUT2D eigenvalue weighted by atomic mass is 10.00. The minimum atomic E-state index is -3.37. The molecule has 0 aromatic rings. The summed E-state index contributed by atoms with van der Waals surface area (Å²) in [5, 5.41) is 0. The van der Waals surface area contributed by atoms with Crippen LogP contribution in [0.25, 0.3) is 0 Å². The fourth-order valence-electron chi connectivity index (χ4n) is 2.74. The van der Waals surface area contributed by atoms with Crippen LogP contribution in [0.5, 0.6) is 0 Å². The summed E-state index contributed by atoms with van der Waals surface area (Å²) in [5.74, 6) is -0.0793. The number of piperidine rings is 1. The molecule has 0 bridgehead atoms. The molecular weight excluding hydrogens is 292 g/mol. The van der Waals surface area contributed by atoms with Gasteiger partial charge in [-0.25, -0.2) is 8.42 Å². The summed E-state index contributed by atoms with van der Waals surface area (Å²) in [7, 11) is -1.79. The highest BCUT2D eigenvalue weighted by atomic mass is 32.2. The van der Waals surface area contributed by atoms with Crippen molar-refractivity contribution in [1.82, 2.24) is 9.21 Å². The number of hydrogen-bond acceptors (Lipinski definition) is 4. The van der Waals surface area contributed by atoms with Crippen molar-refractivity contribution in [3.63, 3.8) is 0 Å². The number of carbonyl (C=O) groups is 1. The van der Waals surface area contributed by atoms with Crippen LogP contribution in [0.2, 0.25) is 0 Å². The summed E-state index contributed by atoms with van der Waals surface area (Å²) in [6.45, 7) is 3.57. The molecule has 1 fully saturated rings. The number of carbonyl (C=O) groups excluding carboxylic acids is 1. The zero-order chi connectivity index (χ0) is 15.9. The van der Waals surface area contributed by atoms with Gasteiger partial charge in [0.05, 0.1) is 12.8 Å². The lowest BCUT2D eigenvalue weighted by Crippen LogP contribution is -2.49. The molecule has 0 aromatic heterocycles. The Morgan fingerprint density at radius 1 is 1.38 bits per heavy atom. The van der Waals surface area contributed by atoms with Gasteiger partial charge in [-0.2, -0.15) is 4.31 Å². The minimum Gasteiger partial charge on any atom is -0.385 e. The van der Waals surface area contributed by atoms with E-state index in [9.17, 15) is 13.2 Å². The largest absolute Gasteiger partial charge is 0.385 e. The molecule has 1 aliphatic rings. The highest BCUT2D eigenvalue weighted by Crippen LogP contribution is 2.20. The van der Waals surface area contributed by atoms with Gasteiger partial charge in [-0.1, -0.05) is 6.92 Å². The van der Waals surface area contributed by atoms with E-state index in [0.717, 1.165) is 38.5 Å². The number of sulfonamides is 1. The Hall–Kier alpha value is -0.660. The molecule has 1 atom stereocenters. The van der Waals surface area contributed by atoms with Crippen molar-refractivity contribution in [3.05, 3.63) is 0 Å². The van der Waals surface area contributed by atoms with Crippen molar-refractivity contribution in [3.8, 4) is 0 Å². The van der Waals surface area contributed by atoms with Gasteiger partial charge in [-0.05, 0) is 32.1 Å². The van der Waals surface area contributed by atoms with Gasteiger partial charge in [0, 0.05) is 32.8 Å². The summed E-state index contributed by atoms with van der Waals surface area (Å²) in [5.41, 5.74) is 0. The second kappa shape index (κ2) is 8.70. The minimum absolute atomic E-state index is 0.0565. The van der Waals surface area contributed by atoms with Crippen LogP contribution >= 0.6 is 0 Å². The molecule has 0 aromatic carbocycles. The van der Waals surface area contributed by atoms with Gasteiger partial charge in [0.1, 0.15) is 0 Å². The average molecular weight is 320 g/mol. The molecule has 6 nitrogen and oxygen atoms in total. The smallest absolute Gasteiger partial charge is 0.238 e. The van der Waals surface area contributed by atoms with Gasteiger partial charge in [-0.15, -0.1) is 0 Å². The van der Waals surface area contributed by atoms with E-state index < -0.39 is 10.0 Å². The van der Waals surface area contributed by atoms with E-state index in [1.54, 1.807) is 7.11 Å². The number of ether oxygens (including phenoxy) is 1. The number of likely N-dealkylation sites (tertiary alicyclic amines) is 1. The third kappa shape index (κ3) is 5.92. The van der Waals surface area contributed by atoms with Crippen molar-refractivity contribution in [2.75, 3.05) is 39.6 Å². The van der Waals surface area contributed by atoms with Gasteiger partial charge in [-0.3, -0.25) is 4.79 Å². The molecule has 7 heteroatoms. The Kier molecular flexibility index (Phi) is 7.62. The van der Waals surface area contributed by atoms with Crippen molar-refractivity contribution in [2.45, 2.75) is 45.1 Å². The van der Waals surface area contributed by atoms with Crippen molar-refractivity contribution >= 4 is 15.9 Å². The molecule has 0 spiro atoms. The predicted octanol–water partition coefficient (Wildman–Crippen LogP) is 1.08. The third-order valence-electron chi connectivity index (χ3n) is 3.96. The molecule has 21 heavy (non-hydrogen) atoms. The molecule has 1 unspecified atom stereocenters. The predicted molar refractivity (Wildman–Crippen MR) is 82.6 cm³/mol. The van der Waals surface area contributed by atoms with Gasteiger partial charge in [0.25, 0.3) is 0 Å². The van der Waals surface area contributed by atoms with Crippen LogP contribution in [0.4, 0.5) is 0 Å². The van der Waals surface area contributed by atoms with Crippen molar-refractivity contribution in [2.24, 2.45) is 0 Å². The van der Waals surface area contributed by atoms with Crippen LogP contribution < -0.4 is 0 Å². The molecule has 0 saturated carbocycles. The fourth-order valence-corrected chi connectivity index (χ4v) is 3.55. The molecule has 1 aliphatic heterocycles. The second-order valence-electron chi connectivity index (χ2n) is 5.59. The van der Waals surface area contributed by atoms with E-state index in [1.807, 2.05) is 4.90 Å². The Bertz CT molecular complexity index is 425. The molecule has 1 saturated heterocycles. The highest BCUT2D eigenvalue weighted by Gasteiger charge is 2.28. The van der Waals surface area contributed by atoms with Gasteiger partial charge >= 0.3 is 0 Å². The van der Waals surface area contributed by atoms with E-state index in [4.69, 9.17) is 4.74 Å². The number of rotatable bonds is 8. The molecule has 1 heterocycles. The maximum atomic E-state index is 12.4. The topological polar surface area (TPSA) is 66.9 Å². The van der Waals surface area contributed by atoms with Crippen LogP contribution in [0.1, 0.15) is 39.0 Å². The summed E-state index contributed by atoms with van der Waals surface area (Å²) in [6, 6.07) is 0.256. The Morgan fingerprint density at radius 3 is 2.67 bits per heavy atom. The summed E-state index contributed by atoms with van der Waals surface area (Å²) in [4.78, 5) is 14.3. The maximum absolute atomic E-state index is 12.4. The first-order valence-corrected chi connectivity index (χ1v) is 9.48. The molecule has 0 radical (unpaired) electrons. The first-order chi connectivity index (χ1) is 9.90. The first kappa shape index (κ1) is 18.4. The number of hydrogen-bond donors (Lipinski definition) is 0. The first-order valence-electron chi connectivity index (χ1n) is 7.63. The Balaban J connectivity index is 2.66. The fraction of sp³-hybridized carbons (Fsp3) is 0.929. The molecule has 0 aliphatic carbocycles. The van der Waals surface area contributed by atoms with Gasteiger partial charge in [0.2, 0.25) is 15.9 Å². The van der Waals surface area contributed by atoms with Gasteiger partial charge < -0.3 is 9.64 Å². The molecule has 124 valence electrons. The quantitative estimate of drug-likeness (QED) is 0.628. The normalized spacial score (nSPS) is 20.0. The lowest BCUT2D eigenvalue weighted by Gasteiger charge is -2.36. The Labute approximate surface area is 128 Å². The maximum Gasteiger partial charge on any atom is 0.238 e. The van der Waals surface area contributed by atoms with E-state index in [0.29, 0.717) is 19.6 Å². The zero-order valence-electron chi connectivity index (χ0n) is 13.4. The van der Waals surface area contributed by atoms with Crippen LogP contribution in [0, 0.1) is 0 Å². The third-order valence-corrected chi connectivity index (χ3v) is 5.21. The molecular formula is C14H28N2O4S. The van der Waals surface area contributed by atoms with Crippen molar-refractivity contribution < 1.29 is 17.9 Å². The molecule has 1 amide bonds. The number of methoxy groups -OCH3 is 1. The monoisotopic (exact) mass is 320 g/mol. The van der Waals surface area contributed by atoms with E-state index in [2.05, 4.69) is 6.92 Å². The SMILES string of the molecule is CCC1CCCCN1C(=O)CN(CCCOC)S(C)(=O)=O. The van der Waals surface area contributed by atoms with E-state index >= 15 is 0 Å². The van der Waals surface area contributed by atoms with Crippen molar-refractivity contribution in [1.29, 1.82) is 0 Å². The summed E-state index contributed by atoms with van der Waals surface area (Å²) in [6.07, 6.45) is 5.84. The zero-order valence-corrected chi connectivity index (χ0v) is 14.2.